The normalized spacial score (nSPS) is 30.8. The van der Waals surface area contributed by atoms with Gasteiger partial charge in [-0.15, -0.1) is 0 Å². The number of phenolic OH excluding ortho intramolecular Hbond substituents is 1. The third-order valence-electron chi connectivity index (χ3n) is 27.7. The monoisotopic (exact) mass is 1500 g/mol. The molecule has 0 heterocycles. The summed E-state index contributed by atoms with van der Waals surface area (Å²) in [7, 11) is 0. The molecule has 12 aliphatic rings. The van der Waals surface area contributed by atoms with Gasteiger partial charge in [0.05, 0.1) is 46.1 Å². The molecule has 13 heteroatoms. The smallest absolute Gasteiger partial charge is 0.313 e. The summed E-state index contributed by atoms with van der Waals surface area (Å²) in [5.41, 5.74) is 0.745. The molecular formula is C95H152O13. The first-order valence-corrected chi connectivity index (χ1v) is 43.1. The highest BCUT2D eigenvalue weighted by Gasteiger charge is 2.61. The predicted molar refractivity (Wildman–Crippen MR) is 436 cm³/mol. The van der Waals surface area contributed by atoms with Crippen LogP contribution in [0, 0.1) is 98.6 Å². The number of aryl methyl sites for hydroxylation is 1. The van der Waals surface area contributed by atoms with Crippen LogP contribution in [0.1, 0.15) is 348 Å². The van der Waals surface area contributed by atoms with Crippen molar-refractivity contribution in [2.24, 2.45) is 91.7 Å². The molecule has 610 valence electrons. The lowest BCUT2D eigenvalue weighted by Gasteiger charge is -2.59. The van der Waals surface area contributed by atoms with Crippen LogP contribution in [0.25, 0.3) is 10.8 Å². The number of esters is 4. The van der Waals surface area contributed by atoms with Crippen molar-refractivity contribution in [2.75, 3.05) is 13.2 Å². The Bertz CT molecular complexity index is 3240. The molecule has 15 rings (SSSR count). The van der Waals surface area contributed by atoms with E-state index in [4.69, 9.17) is 33.5 Å². The Morgan fingerprint density at radius 3 is 1.09 bits per heavy atom. The average molecular weight is 1500 g/mol. The number of aromatic hydroxyl groups is 1. The van der Waals surface area contributed by atoms with Crippen LogP contribution < -0.4 is 0 Å². The van der Waals surface area contributed by atoms with Gasteiger partial charge in [-0.1, -0.05) is 164 Å². The minimum absolute atomic E-state index is 0.0828. The van der Waals surface area contributed by atoms with E-state index in [0.717, 1.165) is 95.3 Å². The summed E-state index contributed by atoms with van der Waals surface area (Å²) in [6.07, 6.45) is 26.3. The molecule has 0 spiro atoms. The summed E-state index contributed by atoms with van der Waals surface area (Å²) in [6.45, 7) is 48.9. The summed E-state index contributed by atoms with van der Waals surface area (Å²) in [5.74, 6) is 7.27. The number of aliphatic hydroxyl groups is 2. The van der Waals surface area contributed by atoms with Gasteiger partial charge in [-0.05, 0) is 308 Å². The molecule has 3 aromatic carbocycles. The van der Waals surface area contributed by atoms with Gasteiger partial charge in [-0.2, -0.15) is 0 Å². The highest BCUT2D eigenvalue weighted by molar-refractivity contribution is 5.84. The molecule has 14 atom stereocenters. The summed E-state index contributed by atoms with van der Waals surface area (Å²) < 4.78 is 35.9. The fraction of sp³-hybridized carbons (Fsp3) is 0.789. The lowest BCUT2D eigenvalue weighted by Crippen LogP contribution is -2.61. The SMILES string of the molecule is CCC(C)(C)C(=O)OC(OCC(C)(C)C)C1CC2CCC1C2.CCC(C)(C)C(=O)OC(OCC(C)(C)C)C1CC2CCC1C2.CCC(C)(C)C(=O)OC12CC3CC(CC(O)(C3)C1)C2.CCC(C)(C)C(=O)OC12CC3CC(CC(O)(C3)C1)C2.CCC(C)c1ccc(O)cc1.CCC(C)c1ccc2cc(C)ccc2c1. The van der Waals surface area contributed by atoms with Crippen LogP contribution >= 0.6 is 0 Å². The van der Waals surface area contributed by atoms with Crippen LogP contribution in [0.4, 0.5) is 0 Å². The van der Waals surface area contributed by atoms with Gasteiger partial charge >= 0.3 is 23.9 Å². The maximum absolute atomic E-state index is 12.5. The number of hydrogen-bond donors (Lipinski definition) is 3. The lowest BCUT2D eigenvalue weighted by atomic mass is 9.52. The van der Waals surface area contributed by atoms with E-state index in [1.807, 2.05) is 95.2 Å². The molecule has 12 bridgehead atoms. The summed E-state index contributed by atoms with van der Waals surface area (Å²) in [6, 6.07) is 20.9. The Morgan fingerprint density at radius 1 is 0.426 bits per heavy atom. The van der Waals surface area contributed by atoms with E-state index in [0.29, 0.717) is 91.0 Å². The van der Waals surface area contributed by atoms with E-state index in [-0.39, 0.29) is 58.5 Å². The Hall–Kier alpha value is -4.56. The van der Waals surface area contributed by atoms with Crippen LogP contribution in [0.5, 0.6) is 5.75 Å². The average Bonchev–Trinajstić information content (AvgIpc) is 0.911. The van der Waals surface area contributed by atoms with Crippen molar-refractivity contribution in [1.29, 1.82) is 0 Å². The fourth-order valence-electron chi connectivity index (χ4n) is 19.7. The van der Waals surface area contributed by atoms with Crippen molar-refractivity contribution in [3.05, 3.63) is 77.4 Å². The first-order valence-electron chi connectivity index (χ1n) is 43.1. The van der Waals surface area contributed by atoms with Crippen molar-refractivity contribution >= 4 is 34.6 Å². The molecule has 12 fully saturated rings. The van der Waals surface area contributed by atoms with Crippen molar-refractivity contribution in [2.45, 2.75) is 373 Å². The highest BCUT2D eigenvalue weighted by atomic mass is 16.7. The van der Waals surface area contributed by atoms with Crippen molar-refractivity contribution < 1.29 is 62.9 Å². The Labute approximate surface area is 655 Å². The number of benzene rings is 3. The molecule has 0 aromatic heterocycles. The molecule has 3 N–H and O–H groups in total. The van der Waals surface area contributed by atoms with E-state index in [1.165, 1.54) is 98.1 Å². The van der Waals surface area contributed by atoms with Crippen LogP contribution in [0.15, 0.2) is 60.7 Å². The standard InChI is InChI=1S/2C19H34O3.2C16H26O3.C15H18.C10H14O/c2*1-7-19(5,6)17(20)22-16(21-12-18(2,3)4)15-11-13-8-9-14(15)10-13;2*1-4-14(2,3)13(17)19-16-8-11-5-12(9-16)7-15(18,6-11)10-16;1-4-12(3)13-7-8-14-9-11(2)5-6-15(14)10-13;1-3-8(2)9-4-6-10(11)7-5-9/h2*13-16H,7-12H2,1-6H3;2*11-12,18H,4-10H2,1-3H3;5-10,12H,4H2,1-3H3;4-8,11H,3H2,1-2H3. The van der Waals surface area contributed by atoms with E-state index in [2.05, 4.69) is 113 Å². The molecular weight excluding hydrogens is 1350 g/mol. The topological polar surface area (TPSA) is 184 Å². The molecule has 0 aliphatic heterocycles. The molecule has 14 unspecified atom stereocenters. The molecule has 3 aromatic rings. The zero-order valence-electron chi connectivity index (χ0n) is 72.1. The molecule has 0 radical (unpaired) electrons. The first-order chi connectivity index (χ1) is 50.2. The van der Waals surface area contributed by atoms with Gasteiger partial charge in [0.25, 0.3) is 0 Å². The number of phenols is 1. The summed E-state index contributed by atoms with van der Waals surface area (Å²) in [4.78, 5) is 49.7. The number of carbonyl (C=O) groups is 4. The van der Waals surface area contributed by atoms with E-state index in [1.54, 1.807) is 12.1 Å². The quantitative estimate of drug-likeness (QED) is 0.0491. The zero-order chi connectivity index (χ0) is 80.0. The van der Waals surface area contributed by atoms with Crippen LogP contribution in [0.2, 0.25) is 0 Å². The predicted octanol–water partition coefficient (Wildman–Crippen LogP) is 23.2. The second kappa shape index (κ2) is 35.9. The van der Waals surface area contributed by atoms with Crippen LogP contribution in [0.3, 0.4) is 0 Å². The zero-order valence-corrected chi connectivity index (χ0v) is 72.1. The van der Waals surface area contributed by atoms with Gasteiger partial charge in [0, 0.05) is 24.7 Å². The third kappa shape index (κ3) is 23.8. The Morgan fingerprint density at radius 2 is 0.769 bits per heavy atom. The molecule has 12 saturated carbocycles. The maximum Gasteiger partial charge on any atom is 0.313 e. The molecule has 0 amide bonds. The first kappa shape index (κ1) is 89.0. The number of fused-ring (bicyclic) bond motifs is 5. The minimum atomic E-state index is -0.555. The molecule has 13 nitrogen and oxygen atoms in total. The number of ether oxygens (including phenoxy) is 6. The summed E-state index contributed by atoms with van der Waals surface area (Å²) >= 11 is 0. The molecule has 108 heavy (non-hydrogen) atoms. The van der Waals surface area contributed by atoms with Crippen molar-refractivity contribution in [1.82, 2.24) is 0 Å². The van der Waals surface area contributed by atoms with Crippen LogP contribution in [-0.2, 0) is 47.6 Å². The maximum atomic E-state index is 12.5. The summed E-state index contributed by atoms with van der Waals surface area (Å²) in [5, 5.41) is 33.0. The van der Waals surface area contributed by atoms with E-state index in [9.17, 15) is 29.4 Å². The lowest BCUT2D eigenvalue weighted by molar-refractivity contribution is -0.226. The highest BCUT2D eigenvalue weighted by Crippen LogP contribution is 2.61. The largest absolute Gasteiger partial charge is 0.508 e. The van der Waals surface area contributed by atoms with Crippen molar-refractivity contribution in [3.8, 4) is 5.75 Å². The number of hydrogen-bond acceptors (Lipinski definition) is 13. The van der Waals surface area contributed by atoms with E-state index < -0.39 is 32.9 Å². The molecule has 12 aliphatic carbocycles. The molecule has 0 saturated heterocycles. The second-order valence-corrected chi connectivity index (χ2v) is 41.8. The Kier molecular flexibility index (Phi) is 29.6. The van der Waals surface area contributed by atoms with E-state index >= 15 is 0 Å². The third-order valence-corrected chi connectivity index (χ3v) is 27.7. The minimum Gasteiger partial charge on any atom is -0.508 e. The second-order valence-electron chi connectivity index (χ2n) is 41.8. The van der Waals surface area contributed by atoms with Gasteiger partial charge in [0.2, 0.25) is 12.6 Å². The Balaban J connectivity index is 0.000000165. The van der Waals surface area contributed by atoms with Gasteiger partial charge in [-0.3, -0.25) is 19.2 Å². The van der Waals surface area contributed by atoms with Gasteiger partial charge in [0.1, 0.15) is 17.0 Å². The van der Waals surface area contributed by atoms with Gasteiger partial charge in [-0.25, -0.2) is 0 Å². The van der Waals surface area contributed by atoms with Gasteiger partial charge < -0.3 is 43.7 Å². The number of rotatable bonds is 22. The fourth-order valence-corrected chi connectivity index (χ4v) is 19.7. The van der Waals surface area contributed by atoms with Crippen molar-refractivity contribution in [3.63, 3.8) is 0 Å². The van der Waals surface area contributed by atoms with Crippen LogP contribution in [-0.4, -0.2) is 87.4 Å². The van der Waals surface area contributed by atoms with Gasteiger partial charge in [0.15, 0.2) is 0 Å². The number of carbonyl (C=O) groups excluding carboxylic acids is 4.